The van der Waals surface area contributed by atoms with Gasteiger partial charge in [-0.05, 0) is 61.2 Å². The summed E-state index contributed by atoms with van der Waals surface area (Å²) in [5.41, 5.74) is 2.54. The van der Waals surface area contributed by atoms with E-state index in [0.717, 1.165) is 30.5 Å². The van der Waals surface area contributed by atoms with Crippen LogP contribution in [0.2, 0.25) is 0 Å². The van der Waals surface area contributed by atoms with E-state index in [1.165, 1.54) is 12.1 Å². The fourth-order valence-corrected chi connectivity index (χ4v) is 3.42. The van der Waals surface area contributed by atoms with Crippen LogP contribution in [0.4, 0.5) is 10.1 Å². The molecule has 0 saturated carbocycles. The summed E-state index contributed by atoms with van der Waals surface area (Å²) in [7, 11) is 0. The molecule has 0 radical (unpaired) electrons. The number of rotatable bonds is 7. The van der Waals surface area contributed by atoms with E-state index in [0.29, 0.717) is 18.7 Å². The monoisotopic (exact) mass is 370 g/mol. The van der Waals surface area contributed by atoms with E-state index in [1.54, 1.807) is 18.2 Å². The molecule has 142 valence electrons. The molecule has 1 saturated heterocycles. The number of carboxylic acid groups (broad SMARTS) is 1. The minimum Gasteiger partial charge on any atom is -0.481 e. The summed E-state index contributed by atoms with van der Waals surface area (Å²) in [4.78, 5) is 25.6. The van der Waals surface area contributed by atoms with Gasteiger partial charge in [0.25, 0.3) is 0 Å². The Bertz CT molecular complexity index is 807. The van der Waals surface area contributed by atoms with Crippen molar-refractivity contribution in [3.05, 3.63) is 65.5 Å². The van der Waals surface area contributed by atoms with Crippen molar-refractivity contribution >= 4 is 17.6 Å². The van der Waals surface area contributed by atoms with Crippen molar-refractivity contribution in [2.75, 3.05) is 11.9 Å². The Balaban J connectivity index is 1.61. The number of aryl methyl sites for hydroxylation is 1. The lowest BCUT2D eigenvalue weighted by Gasteiger charge is -2.24. The summed E-state index contributed by atoms with van der Waals surface area (Å²) in [6, 6.07) is 13.4. The van der Waals surface area contributed by atoms with Gasteiger partial charge in [0.15, 0.2) is 0 Å². The van der Waals surface area contributed by atoms with Gasteiger partial charge in [-0.15, -0.1) is 0 Å². The summed E-state index contributed by atoms with van der Waals surface area (Å²) in [5.74, 6) is -1.17. The van der Waals surface area contributed by atoms with E-state index in [-0.39, 0.29) is 24.2 Å². The van der Waals surface area contributed by atoms with Crippen LogP contribution in [0.5, 0.6) is 0 Å². The van der Waals surface area contributed by atoms with Crippen LogP contribution in [-0.2, 0) is 22.6 Å². The first-order valence-electron chi connectivity index (χ1n) is 9.11. The predicted molar refractivity (Wildman–Crippen MR) is 101 cm³/mol. The van der Waals surface area contributed by atoms with E-state index in [9.17, 15) is 14.0 Å². The molecule has 0 spiro atoms. The van der Waals surface area contributed by atoms with Crippen LogP contribution in [0.1, 0.15) is 30.4 Å². The number of hydrogen-bond acceptors (Lipinski definition) is 3. The molecule has 1 heterocycles. The van der Waals surface area contributed by atoms with Gasteiger partial charge < -0.3 is 10.4 Å². The number of benzene rings is 2. The Labute approximate surface area is 157 Å². The van der Waals surface area contributed by atoms with Crippen LogP contribution in [0, 0.1) is 5.82 Å². The second-order valence-corrected chi connectivity index (χ2v) is 6.84. The molecule has 3 rings (SSSR count). The third-order valence-electron chi connectivity index (χ3n) is 4.79. The van der Waals surface area contributed by atoms with E-state index < -0.39 is 5.97 Å². The molecule has 5 nitrogen and oxygen atoms in total. The molecule has 0 aliphatic carbocycles. The first-order valence-corrected chi connectivity index (χ1v) is 9.11. The number of nitrogens with one attached hydrogen (secondary N) is 1. The standard InChI is InChI=1S/C21H23FN2O3/c22-17-9-6-16(7-10-17)14-24-12-2-5-19(24)21(27)23-18-4-1-3-15(13-18)8-11-20(25)26/h1,3-4,6-7,9-10,13,19H,2,5,8,11-12,14H2,(H,23,27)(H,25,26). The molecule has 1 aliphatic heterocycles. The Hall–Kier alpha value is -2.73. The van der Waals surface area contributed by atoms with Crippen molar-refractivity contribution in [3.63, 3.8) is 0 Å². The van der Waals surface area contributed by atoms with Gasteiger partial charge in [-0.25, -0.2) is 4.39 Å². The van der Waals surface area contributed by atoms with Crippen molar-refractivity contribution in [3.8, 4) is 0 Å². The highest BCUT2D eigenvalue weighted by Crippen LogP contribution is 2.22. The lowest BCUT2D eigenvalue weighted by Crippen LogP contribution is -2.39. The number of anilines is 1. The fraction of sp³-hybridized carbons (Fsp3) is 0.333. The number of carboxylic acids is 1. The summed E-state index contributed by atoms with van der Waals surface area (Å²) in [6.45, 7) is 1.44. The third kappa shape index (κ3) is 5.37. The van der Waals surface area contributed by atoms with Gasteiger partial charge in [-0.3, -0.25) is 14.5 Å². The molecule has 1 atom stereocenters. The maximum absolute atomic E-state index is 13.1. The number of amides is 1. The Morgan fingerprint density at radius 2 is 1.93 bits per heavy atom. The Morgan fingerprint density at radius 1 is 1.15 bits per heavy atom. The lowest BCUT2D eigenvalue weighted by molar-refractivity contribution is -0.137. The fourth-order valence-electron chi connectivity index (χ4n) is 3.42. The zero-order chi connectivity index (χ0) is 19.2. The SMILES string of the molecule is O=C(O)CCc1cccc(NC(=O)C2CCCN2Cc2ccc(F)cc2)c1. The van der Waals surface area contributed by atoms with E-state index >= 15 is 0 Å². The largest absolute Gasteiger partial charge is 0.481 e. The van der Waals surface area contributed by atoms with E-state index in [1.807, 2.05) is 18.2 Å². The summed E-state index contributed by atoms with van der Waals surface area (Å²) in [6.07, 6.45) is 2.22. The van der Waals surface area contributed by atoms with E-state index in [4.69, 9.17) is 5.11 Å². The molecular weight excluding hydrogens is 347 g/mol. The molecule has 2 N–H and O–H groups in total. The number of carbonyl (C=O) groups excluding carboxylic acids is 1. The van der Waals surface area contributed by atoms with Crippen LogP contribution < -0.4 is 5.32 Å². The molecule has 1 amide bonds. The van der Waals surface area contributed by atoms with Gasteiger partial charge in [-0.1, -0.05) is 24.3 Å². The normalized spacial score (nSPS) is 17.0. The van der Waals surface area contributed by atoms with Gasteiger partial charge in [0.1, 0.15) is 5.82 Å². The van der Waals surface area contributed by atoms with Crippen molar-refractivity contribution in [1.29, 1.82) is 0 Å². The number of halogens is 1. The van der Waals surface area contributed by atoms with Crippen molar-refractivity contribution in [2.45, 2.75) is 38.3 Å². The molecule has 2 aromatic rings. The Morgan fingerprint density at radius 3 is 2.67 bits per heavy atom. The van der Waals surface area contributed by atoms with E-state index in [2.05, 4.69) is 10.2 Å². The highest BCUT2D eigenvalue weighted by molar-refractivity contribution is 5.95. The molecule has 6 heteroatoms. The smallest absolute Gasteiger partial charge is 0.303 e. The first-order chi connectivity index (χ1) is 13.0. The second kappa shape index (κ2) is 8.77. The average Bonchev–Trinajstić information content (AvgIpc) is 3.10. The van der Waals surface area contributed by atoms with Crippen molar-refractivity contribution in [1.82, 2.24) is 4.90 Å². The lowest BCUT2D eigenvalue weighted by atomic mass is 10.1. The van der Waals surface area contributed by atoms with Gasteiger partial charge in [0.2, 0.25) is 5.91 Å². The highest BCUT2D eigenvalue weighted by atomic mass is 19.1. The summed E-state index contributed by atoms with van der Waals surface area (Å²) < 4.78 is 13.1. The zero-order valence-corrected chi connectivity index (χ0v) is 15.0. The zero-order valence-electron chi connectivity index (χ0n) is 15.0. The number of nitrogens with zero attached hydrogens (tertiary/aromatic N) is 1. The molecule has 2 aromatic carbocycles. The molecule has 1 unspecified atom stereocenters. The molecule has 1 fully saturated rings. The first kappa shape index (κ1) is 19.0. The predicted octanol–water partition coefficient (Wildman–Crippen LogP) is 3.45. The van der Waals surface area contributed by atoms with Gasteiger partial charge in [0.05, 0.1) is 6.04 Å². The van der Waals surface area contributed by atoms with Gasteiger partial charge >= 0.3 is 5.97 Å². The minimum absolute atomic E-state index is 0.0610. The quantitative estimate of drug-likeness (QED) is 0.783. The summed E-state index contributed by atoms with van der Waals surface area (Å²) in [5, 5.41) is 11.8. The van der Waals surface area contributed by atoms with Crippen molar-refractivity contribution in [2.24, 2.45) is 0 Å². The van der Waals surface area contributed by atoms with Crippen LogP contribution >= 0.6 is 0 Å². The van der Waals surface area contributed by atoms with Gasteiger partial charge in [0, 0.05) is 18.7 Å². The van der Waals surface area contributed by atoms with Crippen LogP contribution in [-0.4, -0.2) is 34.5 Å². The third-order valence-corrected chi connectivity index (χ3v) is 4.79. The Kier molecular flexibility index (Phi) is 6.19. The van der Waals surface area contributed by atoms with Gasteiger partial charge in [-0.2, -0.15) is 0 Å². The van der Waals surface area contributed by atoms with Crippen LogP contribution in [0.25, 0.3) is 0 Å². The maximum Gasteiger partial charge on any atom is 0.303 e. The minimum atomic E-state index is -0.841. The average molecular weight is 370 g/mol. The van der Waals surface area contributed by atoms with Crippen LogP contribution in [0.15, 0.2) is 48.5 Å². The highest BCUT2D eigenvalue weighted by Gasteiger charge is 2.30. The molecular formula is C21H23FN2O3. The topological polar surface area (TPSA) is 69.6 Å². The number of aliphatic carboxylic acids is 1. The van der Waals surface area contributed by atoms with Crippen LogP contribution in [0.3, 0.4) is 0 Å². The van der Waals surface area contributed by atoms with Crippen molar-refractivity contribution < 1.29 is 19.1 Å². The number of hydrogen-bond donors (Lipinski definition) is 2. The molecule has 1 aliphatic rings. The number of likely N-dealkylation sites (tertiary alicyclic amines) is 1. The summed E-state index contributed by atoms with van der Waals surface area (Å²) >= 11 is 0. The molecule has 0 aromatic heterocycles. The maximum atomic E-state index is 13.1. The molecule has 27 heavy (non-hydrogen) atoms. The second-order valence-electron chi connectivity index (χ2n) is 6.84. The molecule has 0 bridgehead atoms. The number of carbonyl (C=O) groups is 2.